The first-order valence-electron chi connectivity index (χ1n) is 5.18. The molecule has 0 amide bonds. The van der Waals surface area contributed by atoms with E-state index >= 15 is 0 Å². The Morgan fingerprint density at radius 2 is 2.28 bits per heavy atom. The maximum absolute atomic E-state index is 12.0. The van der Waals surface area contributed by atoms with Gasteiger partial charge in [0.25, 0.3) is 5.56 Å². The third-order valence-electron chi connectivity index (χ3n) is 2.45. The number of halogens is 1. The van der Waals surface area contributed by atoms with Crippen molar-refractivity contribution in [1.29, 1.82) is 5.26 Å². The van der Waals surface area contributed by atoms with Crippen molar-refractivity contribution in [2.45, 2.75) is 13.5 Å². The summed E-state index contributed by atoms with van der Waals surface area (Å²) in [5.41, 5.74) is 1.85. The van der Waals surface area contributed by atoms with Crippen molar-refractivity contribution in [1.82, 2.24) is 14.5 Å². The number of hydrogen-bond acceptors (Lipinski definition) is 4. The third kappa shape index (κ3) is 2.56. The van der Waals surface area contributed by atoms with E-state index in [-0.39, 0.29) is 5.56 Å². The summed E-state index contributed by atoms with van der Waals surface area (Å²) in [6, 6.07) is 5.42. The minimum absolute atomic E-state index is 0.0709. The fourth-order valence-electron chi connectivity index (χ4n) is 1.49. The highest BCUT2D eigenvalue weighted by atomic mass is 127. The van der Waals surface area contributed by atoms with Crippen LogP contribution in [0, 0.1) is 21.8 Å². The van der Waals surface area contributed by atoms with Crippen molar-refractivity contribution in [3.8, 4) is 6.07 Å². The van der Waals surface area contributed by atoms with Gasteiger partial charge in [0.1, 0.15) is 11.8 Å². The minimum Gasteiger partial charge on any atom is -0.294 e. The maximum Gasteiger partial charge on any atom is 0.267 e. The summed E-state index contributed by atoms with van der Waals surface area (Å²) in [5, 5.41) is 8.77. The molecule has 5 nitrogen and oxygen atoms in total. The molecule has 0 aromatic carbocycles. The van der Waals surface area contributed by atoms with Crippen LogP contribution in [0.4, 0.5) is 0 Å². The van der Waals surface area contributed by atoms with E-state index in [0.29, 0.717) is 15.8 Å². The third-order valence-corrected chi connectivity index (χ3v) is 3.69. The molecule has 90 valence electrons. The number of aromatic nitrogens is 3. The summed E-state index contributed by atoms with van der Waals surface area (Å²) in [6.45, 7) is 2.19. The maximum atomic E-state index is 12.0. The van der Waals surface area contributed by atoms with Gasteiger partial charge in [-0.05, 0) is 47.2 Å². The molecule has 2 aromatic rings. The van der Waals surface area contributed by atoms with Gasteiger partial charge in [-0.1, -0.05) is 0 Å². The van der Waals surface area contributed by atoms with E-state index in [1.54, 1.807) is 25.3 Å². The first-order chi connectivity index (χ1) is 8.61. The lowest BCUT2D eigenvalue weighted by Crippen LogP contribution is -2.24. The molecule has 0 aliphatic carbocycles. The number of nitrogens with zero attached hydrogens (tertiary/aromatic N) is 4. The molecule has 0 saturated heterocycles. The van der Waals surface area contributed by atoms with Gasteiger partial charge in [-0.25, -0.2) is 9.97 Å². The van der Waals surface area contributed by atoms with Crippen LogP contribution in [0.15, 0.2) is 29.5 Å². The molecule has 18 heavy (non-hydrogen) atoms. The van der Waals surface area contributed by atoms with Gasteiger partial charge in [-0.3, -0.25) is 9.36 Å². The Hall–Kier alpha value is -1.75. The lowest BCUT2D eigenvalue weighted by Gasteiger charge is -2.07. The average molecular weight is 352 g/mol. The van der Waals surface area contributed by atoms with Crippen LogP contribution >= 0.6 is 22.6 Å². The second-order valence-corrected chi connectivity index (χ2v) is 4.82. The summed E-state index contributed by atoms with van der Waals surface area (Å²) in [4.78, 5) is 20.0. The smallest absolute Gasteiger partial charge is 0.267 e. The van der Waals surface area contributed by atoms with E-state index in [0.717, 1.165) is 11.3 Å². The average Bonchev–Trinajstić information content (AvgIpc) is 2.40. The van der Waals surface area contributed by atoms with E-state index in [4.69, 9.17) is 5.26 Å². The molecular formula is C12H9IN4O. The van der Waals surface area contributed by atoms with Gasteiger partial charge in [-0.15, -0.1) is 0 Å². The Labute approximate surface area is 117 Å². The van der Waals surface area contributed by atoms with Crippen molar-refractivity contribution in [2.24, 2.45) is 0 Å². The molecule has 0 spiro atoms. The molecule has 0 unspecified atom stereocenters. The number of nitriles is 1. The SMILES string of the molecule is Cc1ncn(Cc2ccnc(C#N)c2)c(=O)c1I. The summed E-state index contributed by atoms with van der Waals surface area (Å²) in [6.07, 6.45) is 3.08. The number of aryl methyl sites for hydroxylation is 1. The van der Waals surface area contributed by atoms with Crippen molar-refractivity contribution >= 4 is 22.6 Å². The standard InChI is InChI=1S/C12H9IN4O/c1-8-11(13)12(18)17(7-16-8)6-9-2-3-15-10(4-9)5-14/h2-4,7H,6H2,1H3. The Morgan fingerprint density at radius 3 is 3.00 bits per heavy atom. The van der Waals surface area contributed by atoms with Crippen molar-refractivity contribution in [3.63, 3.8) is 0 Å². The van der Waals surface area contributed by atoms with Gasteiger partial charge in [0.2, 0.25) is 0 Å². The number of rotatable bonds is 2. The predicted molar refractivity (Wildman–Crippen MR) is 74.0 cm³/mol. The Balaban J connectivity index is 2.38. The fourth-order valence-corrected chi connectivity index (χ4v) is 1.94. The lowest BCUT2D eigenvalue weighted by atomic mass is 10.2. The van der Waals surface area contributed by atoms with Gasteiger partial charge < -0.3 is 0 Å². The molecular weight excluding hydrogens is 343 g/mol. The molecule has 0 bridgehead atoms. The van der Waals surface area contributed by atoms with E-state index in [9.17, 15) is 4.79 Å². The molecule has 0 N–H and O–H groups in total. The zero-order valence-electron chi connectivity index (χ0n) is 9.59. The molecule has 0 aliphatic rings. The first kappa shape index (κ1) is 12.7. The van der Waals surface area contributed by atoms with Crippen molar-refractivity contribution in [3.05, 3.63) is 55.5 Å². The van der Waals surface area contributed by atoms with E-state index in [2.05, 4.69) is 9.97 Å². The van der Waals surface area contributed by atoms with E-state index in [1.165, 1.54) is 10.9 Å². The van der Waals surface area contributed by atoms with Crippen LogP contribution in [-0.4, -0.2) is 14.5 Å². The quantitative estimate of drug-likeness (QED) is 0.768. The Bertz CT molecular complexity index is 687. The van der Waals surface area contributed by atoms with Crippen LogP contribution in [0.25, 0.3) is 0 Å². The van der Waals surface area contributed by atoms with E-state index in [1.807, 2.05) is 28.7 Å². The fraction of sp³-hybridized carbons (Fsp3) is 0.167. The van der Waals surface area contributed by atoms with Crippen molar-refractivity contribution < 1.29 is 0 Å². The molecule has 0 saturated carbocycles. The van der Waals surface area contributed by atoms with Crippen LogP contribution in [-0.2, 0) is 6.54 Å². The largest absolute Gasteiger partial charge is 0.294 e. The monoisotopic (exact) mass is 352 g/mol. The second kappa shape index (κ2) is 5.27. The van der Waals surface area contributed by atoms with Crippen molar-refractivity contribution in [2.75, 3.05) is 0 Å². The van der Waals surface area contributed by atoms with Crippen LogP contribution in [0.1, 0.15) is 17.0 Å². The number of pyridine rings is 1. The zero-order chi connectivity index (χ0) is 13.1. The van der Waals surface area contributed by atoms with Gasteiger partial charge in [0.15, 0.2) is 0 Å². The topological polar surface area (TPSA) is 71.6 Å². The summed E-state index contributed by atoms with van der Waals surface area (Å²) >= 11 is 1.99. The van der Waals surface area contributed by atoms with E-state index < -0.39 is 0 Å². The molecule has 0 radical (unpaired) electrons. The summed E-state index contributed by atoms with van der Waals surface area (Å²) in [5.74, 6) is 0. The normalized spacial score (nSPS) is 10.1. The van der Waals surface area contributed by atoms with Gasteiger partial charge in [0, 0.05) is 6.20 Å². The van der Waals surface area contributed by atoms with Crippen LogP contribution in [0.2, 0.25) is 0 Å². The highest BCUT2D eigenvalue weighted by Crippen LogP contribution is 2.05. The molecule has 2 heterocycles. The summed E-state index contributed by atoms with van der Waals surface area (Å²) < 4.78 is 2.13. The Morgan fingerprint density at radius 1 is 1.50 bits per heavy atom. The molecule has 6 heteroatoms. The predicted octanol–water partition coefficient (Wildman–Crippen LogP) is 1.47. The molecule has 0 fully saturated rings. The van der Waals surface area contributed by atoms with Crippen LogP contribution in [0.5, 0.6) is 0 Å². The highest BCUT2D eigenvalue weighted by Gasteiger charge is 2.06. The molecule has 0 aliphatic heterocycles. The number of hydrogen-bond donors (Lipinski definition) is 0. The lowest BCUT2D eigenvalue weighted by molar-refractivity contribution is 0.722. The van der Waals surface area contributed by atoms with Gasteiger partial charge >= 0.3 is 0 Å². The second-order valence-electron chi connectivity index (χ2n) is 3.74. The van der Waals surface area contributed by atoms with Crippen LogP contribution < -0.4 is 5.56 Å². The molecule has 0 atom stereocenters. The molecule has 2 aromatic heterocycles. The minimum atomic E-state index is -0.0709. The zero-order valence-corrected chi connectivity index (χ0v) is 11.7. The summed E-state index contributed by atoms with van der Waals surface area (Å²) in [7, 11) is 0. The van der Waals surface area contributed by atoms with Gasteiger partial charge in [0.05, 0.1) is 22.1 Å². The Kier molecular flexibility index (Phi) is 3.72. The highest BCUT2D eigenvalue weighted by molar-refractivity contribution is 14.1. The van der Waals surface area contributed by atoms with Gasteiger partial charge in [-0.2, -0.15) is 5.26 Å². The first-order valence-corrected chi connectivity index (χ1v) is 6.26. The molecule has 2 rings (SSSR count). The van der Waals surface area contributed by atoms with Crippen LogP contribution in [0.3, 0.4) is 0 Å².